The van der Waals surface area contributed by atoms with E-state index in [9.17, 15) is 9.59 Å². The normalized spacial score (nSPS) is 10.8. The molecule has 0 aliphatic rings. The molecule has 1 N–H and O–H groups in total. The minimum absolute atomic E-state index is 0.0313. The summed E-state index contributed by atoms with van der Waals surface area (Å²) in [5.41, 5.74) is 3.11. The van der Waals surface area contributed by atoms with Gasteiger partial charge in [-0.25, -0.2) is 0 Å². The maximum atomic E-state index is 12.7. The maximum Gasteiger partial charge on any atom is 0.221 e. The number of carbonyl (C=O) groups is 2. The molecule has 0 aliphatic heterocycles. The molecule has 0 aliphatic carbocycles. The lowest BCUT2D eigenvalue weighted by atomic mass is 10.1. The number of amides is 1. The molecule has 0 saturated carbocycles. The van der Waals surface area contributed by atoms with E-state index >= 15 is 0 Å². The van der Waals surface area contributed by atoms with E-state index in [1.54, 1.807) is 29.1 Å². The topological polar surface area (TPSA) is 76.9 Å². The number of hydrogen-bond acceptors (Lipinski definition) is 6. The van der Waals surface area contributed by atoms with Crippen molar-refractivity contribution >= 4 is 52.5 Å². The van der Waals surface area contributed by atoms with E-state index in [4.69, 9.17) is 11.6 Å². The van der Waals surface area contributed by atoms with Crippen LogP contribution in [0.15, 0.2) is 52.8 Å². The van der Waals surface area contributed by atoms with Crippen LogP contribution in [-0.2, 0) is 4.79 Å². The molecule has 1 amide bonds. The Morgan fingerprint density at radius 2 is 2.00 bits per heavy atom. The summed E-state index contributed by atoms with van der Waals surface area (Å²) in [5, 5.41) is 12.1. The first kappa shape index (κ1) is 21.4. The van der Waals surface area contributed by atoms with Gasteiger partial charge in [0.1, 0.15) is 6.33 Å². The molecular formula is C20H19ClN4O2S2. The fourth-order valence-electron chi connectivity index (χ4n) is 2.60. The molecule has 0 bridgehead atoms. The van der Waals surface area contributed by atoms with Gasteiger partial charge in [-0.1, -0.05) is 29.4 Å². The number of nitrogens with zero attached hydrogens (tertiary/aromatic N) is 3. The van der Waals surface area contributed by atoms with Crippen molar-refractivity contribution in [3.8, 4) is 5.69 Å². The van der Waals surface area contributed by atoms with E-state index in [-0.39, 0.29) is 17.4 Å². The Morgan fingerprint density at radius 1 is 1.21 bits per heavy atom. The predicted molar refractivity (Wildman–Crippen MR) is 119 cm³/mol. The van der Waals surface area contributed by atoms with Gasteiger partial charge in [0.2, 0.25) is 5.91 Å². The number of aryl methyl sites for hydroxylation is 1. The monoisotopic (exact) mass is 446 g/mol. The Hall–Kier alpha value is -2.29. The van der Waals surface area contributed by atoms with Gasteiger partial charge in [-0.05, 0) is 49.1 Å². The van der Waals surface area contributed by atoms with Gasteiger partial charge in [-0.3, -0.25) is 14.2 Å². The second-order valence-corrected chi connectivity index (χ2v) is 8.42. The van der Waals surface area contributed by atoms with Crippen molar-refractivity contribution < 1.29 is 9.59 Å². The fraction of sp³-hybridized carbons (Fsp3) is 0.200. The lowest BCUT2D eigenvalue weighted by molar-refractivity contribution is -0.114. The molecule has 29 heavy (non-hydrogen) atoms. The molecule has 0 fully saturated rings. The molecule has 6 nitrogen and oxygen atoms in total. The van der Waals surface area contributed by atoms with Crippen LogP contribution in [0.25, 0.3) is 5.69 Å². The summed E-state index contributed by atoms with van der Waals surface area (Å²) in [6, 6.07) is 11.0. The van der Waals surface area contributed by atoms with Crippen LogP contribution in [0, 0.1) is 6.92 Å². The van der Waals surface area contributed by atoms with Crippen molar-refractivity contribution in [3.05, 3.63) is 58.9 Å². The zero-order chi connectivity index (χ0) is 21.0. The van der Waals surface area contributed by atoms with Gasteiger partial charge < -0.3 is 5.32 Å². The lowest BCUT2D eigenvalue weighted by Gasteiger charge is -2.10. The summed E-state index contributed by atoms with van der Waals surface area (Å²) in [5.74, 6) is 0.0348. The van der Waals surface area contributed by atoms with Crippen LogP contribution in [0.1, 0.15) is 22.8 Å². The van der Waals surface area contributed by atoms with Gasteiger partial charge in [-0.2, -0.15) is 0 Å². The van der Waals surface area contributed by atoms with Crippen LogP contribution in [0.2, 0.25) is 5.02 Å². The minimum Gasteiger partial charge on any atom is -0.325 e. The first-order valence-electron chi connectivity index (χ1n) is 8.67. The summed E-state index contributed by atoms with van der Waals surface area (Å²) < 4.78 is 1.80. The van der Waals surface area contributed by atoms with E-state index in [2.05, 4.69) is 15.5 Å². The van der Waals surface area contributed by atoms with Crippen LogP contribution >= 0.6 is 35.1 Å². The highest BCUT2D eigenvalue weighted by atomic mass is 35.5. The van der Waals surface area contributed by atoms with Crippen LogP contribution in [0.3, 0.4) is 0 Å². The van der Waals surface area contributed by atoms with E-state index in [0.29, 0.717) is 21.4 Å². The number of thioether (sulfide) groups is 2. The number of rotatable bonds is 7. The van der Waals surface area contributed by atoms with Gasteiger partial charge in [0.15, 0.2) is 10.9 Å². The first-order chi connectivity index (χ1) is 13.9. The van der Waals surface area contributed by atoms with E-state index in [1.807, 2.05) is 31.4 Å². The number of halogens is 1. The van der Waals surface area contributed by atoms with E-state index < -0.39 is 0 Å². The molecule has 1 aromatic heterocycles. The second-order valence-electron chi connectivity index (χ2n) is 6.23. The Morgan fingerprint density at radius 3 is 2.69 bits per heavy atom. The van der Waals surface area contributed by atoms with Gasteiger partial charge >= 0.3 is 0 Å². The minimum atomic E-state index is -0.148. The molecule has 3 rings (SSSR count). The molecule has 0 radical (unpaired) electrons. The highest BCUT2D eigenvalue weighted by molar-refractivity contribution is 7.99. The number of Topliss-reactive ketones (excluding diaryl/α,β-unsaturated/α-hetero) is 1. The Bertz CT molecular complexity index is 1070. The number of carbonyl (C=O) groups excluding carboxylic acids is 2. The molecule has 0 unspecified atom stereocenters. The Balaban J connectivity index is 1.74. The van der Waals surface area contributed by atoms with Crippen molar-refractivity contribution in [2.24, 2.45) is 0 Å². The van der Waals surface area contributed by atoms with Crippen molar-refractivity contribution in [1.29, 1.82) is 0 Å². The van der Waals surface area contributed by atoms with Crippen LogP contribution in [-0.4, -0.2) is 38.5 Å². The Kier molecular flexibility index (Phi) is 7.00. The number of hydrogen-bond donors (Lipinski definition) is 1. The highest BCUT2D eigenvalue weighted by Gasteiger charge is 2.14. The average molecular weight is 447 g/mol. The van der Waals surface area contributed by atoms with Crippen molar-refractivity contribution in [2.75, 3.05) is 17.3 Å². The van der Waals surface area contributed by atoms with E-state index in [0.717, 1.165) is 16.1 Å². The van der Waals surface area contributed by atoms with Crippen molar-refractivity contribution in [3.63, 3.8) is 0 Å². The molecule has 0 saturated heterocycles. The molecule has 0 spiro atoms. The van der Waals surface area contributed by atoms with Gasteiger partial charge in [-0.15, -0.1) is 22.0 Å². The lowest BCUT2D eigenvalue weighted by Crippen LogP contribution is -2.08. The summed E-state index contributed by atoms with van der Waals surface area (Å²) in [7, 11) is 0. The van der Waals surface area contributed by atoms with Gasteiger partial charge in [0.25, 0.3) is 0 Å². The number of aromatic nitrogens is 3. The number of nitrogens with one attached hydrogen (secondary N) is 1. The zero-order valence-corrected chi connectivity index (χ0v) is 18.5. The van der Waals surface area contributed by atoms with Crippen molar-refractivity contribution in [2.45, 2.75) is 23.9 Å². The Labute approximate surface area is 182 Å². The molecule has 3 aromatic rings. The quantitative estimate of drug-likeness (QED) is 0.411. The summed E-state index contributed by atoms with van der Waals surface area (Å²) >= 11 is 9.00. The number of ketones is 1. The van der Waals surface area contributed by atoms with Crippen molar-refractivity contribution in [1.82, 2.24) is 14.8 Å². The predicted octanol–water partition coefficient (Wildman–Crippen LogP) is 4.88. The summed E-state index contributed by atoms with van der Waals surface area (Å²) in [6.45, 7) is 3.39. The van der Waals surface area contributed by atoms with Crippen LogP contribution in [0.4, 0.5) is 5.69 Å². The fourth-order valence-corrected chi connectivity index (χ4v) is 4.18. The largest absolute Gasteiger partial charge is 0.325 e. The van der Waals surface area contributed by atoms with Gasteiger partial charge in [0, 0.05) is 22.4 Å². The summed E-state index contributed by atoms with van der Waals surface area (Å²) in [4.78, 5) is 24.8. The number of anilines is 1. The highest BCUT2D eigenvalue weighted by Crippen LogP contribution is 2.28. The third-order valence-corrected chi connectivity index (χ3v) is 6.24. The SMILES string of the molecule is CSc1cc(C(=O)CSc2nncn2-c2ccc(C)c(Cl)c2)ccc1NC(C)=O. The maximum absolute atomic E-state index is 12.7. The van der Waals surface area contributed by atoms with E-state index in [1.165, 1.54) is 30.4 Å². The third kappa shape index (κ3) is 5.20. The standard InChI is InChI=1S/C20H19ClN4O2S2/c1-12-4-6-15(9-16(12)21)25-11-22-24-20(25)29-10-18(27)14-5-7-17(23-13(2)26)19(8-14)28-3/h4-9,11H,10H2,1-3H3,(H,23,26). The average Bonchev–Trinajstić information content (AvgIpc) is 3.16. The second kappa shape index (κ2) is 9.47. The third-order valence-electron chi connectivity index (χ3n) is 4.12. The first-order valence-corrected chi connectivity index (χ1v) is 11.3. The molecule has 1 heterocycles. The molecular weight excluding hydrogens is 428 g/mol. The molecule has 0 atom stereocenters. The molecule has 9 heteroatoms. The summed E-state index contributed by atoms with van der Waals surface area (Å²) in [6.07, 6.45) is 3.50. The molecule has 150 valence electrons. The smallest absolute Gasteiger partial charge is 0.221 e. The number of benzene rings is 2. The van der Waals surface area contributed by atoms with Crippen LogP contribution in [0.5, 0.6) is 0 Å². The zero-order valence-electron chi connectivity index (χ0n) is 16.1. The van der Waals surface area contributed by atoms with Crippen LogP contribution < -0.4 is 5.32 Å². The molecule has 2 aromatic carbocycles. The van der Waals surface area contributed by atoms with Gasteiger partial charge in [0.05, 0.1) is 17.1 Å².